The number of nitrogens with zero attached hydrogens (tertiary/aromatic N) is 2. The van der Waals surface area contributed by atoms with E-state index in [1.807, 2.05) is 18.2 Å². The summed E-state index contributed by atoms with van der Waals surface area (Å²) in [7, 11) is 0. The highest BCUT2D eigenvalue weighted by Crippen LogP contribution is 2.61. The smallest absolute Gasteiger partial charge is 0.257 e. The summed E-state index contributed by atoms with van der Waals surface area (Å²) >= 11 is 4.99. The van der Waals surface area contributed by atoms with E-state index in [4.69, 9.17) is 0 Å². The molecule has 4 nitrogen and oxygen atoms in total. The maximum absolute atomic E-state index is 12.4. The van der Waals surface area contributed by atoms with Gasteiger partial charge in [0, 0.05) is 15.5 Å². The van der Waals surface area contributed by atoms with Crippen LogP contribution in [0.2, 0.25) is 0 Å². The summed E-state index contributed by atoms with van der Waals surface area (Å²) < 4.78 is 0.895. The number of anilines is 1. The second kappa shape index (κ2) is 5.88. The van der Waals surface area contributed by atoms with Crippen LogP contribution in [-0.2, 0) is 5.41 Å². The fourth-order valence-corrected chi connectivity index (χ4v) is 7.02. The molecule has 4 fully saturated rings. The number of halogens is 1. The summed E-state index contributed by atoms with van der Waals surface area (Å²) in [4.78, 5) is 12.4. The Morgan fingerprint density at radius 1 is 1.12 bits per heavy atom. The average Bonchev–Trinajstić information content (AvgIpc) is 3.03. The predicted octanol–water partition coefficient (Wildman–Crippen LogP) is 5.02. The maximum Gasteiger partial charge on any atom is 0.257 e. The molecule has 2 aromatic rings. The summed E-state index contributed by atoms with van der Waals surface area (Å²) in [6.07, 6.45) is 8.08. The van der Waals surface area contributed by atoms with Crippen LogP contribution in [0.4, 0.5) is 5.13 Å². The normalized spacial score (nSPS) is 32.8. The van der Waals surface area contributed by atoms with Gasteiger partial charge in [0.2, 0.25) is 5.13 Å². The summed E-state index contributed by atoms with van der Waals surface area (Å²) in [6, 6.07) is 7.39. The molecule has 0 spiro atoms. The van der Waals surface area contributed by atoms with Gasteiger partial charge in [0.05, 0.1) is 0 Å². The van der Waals surface area contributed by atoms with Gasteiger partial charge in [0.25, 0.3) is 5.91 Å². The van der Waals surface area contributed by atoms with Crippen molar-refractivity contribution in [3.8, 4) is 0 Å². The zero-order valence-corrected chi connectivity index (χ0v) is 16.3. The summed E-state index contributed by atoms with van der Waals surface area (Å²) in [6.45, 7) is 0. The number of rotatable bonds is 3. The topological polar surface area (TPSA) is 54.9 Å². The van der Waals surface area contributed by atoms with E-state index in [0.717, 1.165) is 27.2 Å². The van der Waals surface area contributed by atoms with E-state index in [2.05, 4.69) is 31.4 Å². The number of carbonyl (C=O) groups is 1. The quantitative estimate of drug-likeness (QED) is 0.762. The number of benzene rings is 1. The Morgan fingerprint density at radius 3 is 2.44 bits per heavy atom. The zero-order chi connectivity index (χ0) is 17.0. The molecule has 0 saturated heterocycles. The SMILES string of the molecule is O=C(Nc1nnc(C23CC4CC(CC(C4)C2)C3)s1)c1cccc(Br)c1. The molecule has 1 amide bonds. The van der Waals surface area contributed by atoms with Gasteiger partial charge in [-0.25, -0.2) is 0 Å². The Balaban J connectivity index is 1.36. The van der Waals surface area contributed by atoms with Crippen molar-refractivity contribution in [2.45, 2.75) is 43.9 Å². The van der Waals surface area contributed by atoms with Crippen LogP contribution in [0.15, 0.2) is 28.7 Å². The number of hydrogen-bond acceptors (Lipinski definition) is 4. The van der Waals surface area contributed by atoms with Gasteiger partial charge < -0.3 is 0 Å². The summed E-state index contributed by atoms with van der Waals surface area (Å²) in [5.74, 6) is 2.52. The molecular weight excluding hydrogens is 398 g/mol. The highest BCUT2D eigenvalue weighted by atomic mass is 79.9. The predicted molar refractivity (Wildman–Crippen MR) is 102 cm³/mol. The molecule has 6 rings (SSSR count). The lowest BCUT2D eigenvalue weighted by atomic mass is 9.50. The third-order valence-electron chi connectivity index (χ3n) is 6.22. The largest absolute Gasteiger partial charge is 0.296 e. The lowest BCUT2D eigenvalue weighted by Crippen LogP contribution is -2.48. The molecule has 1 heterocycles. The first-order valence-corrected chi connectivity index (χ1v) is 10.6. The van der Waals surface area contributed by atoms with Gasteiger partial charge in [0.1, 0.15) is 5.01 Å². The molecule has 4 bridgehead atoms. The highest BCUT2D eigenvalue weighted by Gasteiger charge is 2.53. The number of carbonyl (C=O) groups excluding carboxylic acids is 1. The van der Waals surface area contributed by atoms with Gasteiger partial charge in [-0.1, -0.05) is 33.3 Å². The minimum absolute atomic E-state index is 0.130. The minimum Gasteiger partial charge on any atom is -0.296 e. The molecule has 6 heteroatoms. The average molecular weight is 418 g/mol. The number of hydrogen-bond donors (Lipinski definition) is 1. The first-order chi connectivity index (χ1) is 12.1. The van der Waals surface area contributed by atoms with Crippen LogP contribution in [0.5, 0.6) is 0 Å². The van der Waals surface area contributed by atoms with Crippen LogP contribution >= 0.6 is 27.3 Å². The van der Waals surface area contributed by atoms with Crippen LogP contribution in [0.1, 0.15) is 53.9 Å². The molecule has 0 aliphatic heterocycles. The lowest BCUT2D eigenvalue weighted by Gasteiger charge is -2.55. The number of aromatic nitrogens is 2. The standard InChI is InChI=1S/C19H20BrN3OS/c20-15-3-1-2-14(7-15)16(24)21-18-23-22-17(25-18)19-8-11-4-12(9-19)6-13(5-11)10-19/h1-3,7,11-13H,4-6,8-10H2,(H,21,23,24). The van der Waals surface area contributed by atoms with Gasteiger partial charge in [-0.15, -0.1) is 10.2 Å². The third-order valence-corrected chi connectivity index (χ3v) is 7.80. The molecule has 1 N–H and O–H groups in total. The fraction of sp³-hybridized carbons (Fsp3) is 0.526. The van der Waals surface area contributed by atoms with Gasteiger partial charge in [0.15, 0.2) is 0 Å². The third kappa shape index (κ3) is 2.83. The molecule has 25 heavy (non-hydrogen) atoms. The van der Waals surface area contributed by atoms with Gasteiger partial charge in [-0.2, -0.15) is 0 Å². The van der Waals surface area contributed by atoms with E-state index in [0.29, 0.717) is 10.7 Å². The van der Waals surface area contributed by atoms with Crippen molar-refractivity contribution >= 4 is 38.3 Å². The Kier molecular flexibility index (Phi) is 3.75. The summed E-state index contributed by atoms with van der Waals surface area (Å²) in [5, 5.41) is 13.5. The molecule has 4 aliphatic carbocycles. The monoisotopic (exact) mass is 417 g/mol. The molecule has 1 aromatic carbocycles. The Labute approximate surface area is 159 Å². The minimum atomic E-state index is -0.130. The van der Waals surface area contributed by atoms with Crippen molar-refractivity contribution in [1.82, 2.24) is 10.2 Å². The van der Waals surface area contributed by atoms with E-state index >= 15 is 0 Å². The van der Waals surface area contributed by atoms with Crippen LogP contribution < -0.4 is 5.32 Å². The first-order valence-electron chi connectivity index (χ1n) is 9.00. The molecule has 4 saturated carbocycles. The molecule has 1 aromatic heterocycles. The molecule has 130 valence electrons. The van der Waals surface area contributed by atoms with E-state index in [1.54, 1.807) is 17.4 Å². The van der Waals surface area contributed by atoms with Gasteiger partial charge >= 0.3 is 0 Å². The number of amides is 1. The Morgan fingerprint density at radius 2 is 1.80 bits per heavy atom. The van der Waals surface area contributed by atoms with Crippen LogP contribution in [-0.4, -0.2) is 16.1 Å². The van der Waals surface area contributed by atoms with Gasteiger partial charge in [-0.3, -0.25) is 10.1 Å². The molecule has 0 atom stereocenters. The van der Waals surface area contributed by atoms with Crippen molar-refractivity contribution in [3.05, 3.63) is 39.3 Å². The molecule has 0 radical (unpaired) electrons. The number of nitrogens with one attached hydrogen (secondary N) is 1. The van der Waals surface area contributed by atoms with Crippen molar-refractivity contribution < 1.29 is 4.79 Å². The van der Waals surface area contributed by atoms with E-state index in [-0.39, 0.29) is 11.3 Å². The lowest BCUT2D eigenvalue weighted by molar-refractivity contribution is -0.00555. The molecule has 0 unspecified atom stereocenters. The van der Waals surface area contributed by atoms with Crippen molar-refractivity contribution in [2.75, 3.05) is 5.32 Å². The molecule has 4 aliphatic rings. The van der Waals surface area contributed by atoms with Gasteiger partial charge in [-0.05, 0) is 74.5 Å². The van der Waals surface area contributed by atoms with Crippen molar-refractivity contribution in [3.63, 3.8) is 0 Å². The Hall–Kier alpha value is -1.27. The fourth-order valence-electron chi connectivity index (χ4n) is 5.66. The van der Waals surface area contributed by atoms with Crippen LogP contribution in [0.25, 0.3) is 0 Å². The first kappa shape index (κ1) is 15.9. The second-order valence-electron chi connectivity index (χ2n) is 8.07. The maximum atomic E-state index is 12.4. The van der Waals surface area contributed by atoms with Crippen molar-refractivity contribution in [2.24, 2.45) is 17.8 Å². The highest BCUT2D eigenvalue weighted by molar-refractivity contribution is 9.10. The van der Waals surface area contributed by atoms with Crippen molar-refractivity contribution in [1.29, 1.82) is 0 Å². The second-order valence-corrected chi connectivity index (χ2v) is 9.97. The molecular formula is C19H20BrN3OS. The van der Waals surface area contributed by atoms with Crippen LogP contribution in [0, 0.1) is 17.8 Å². The van der Waals surface area contributed by atoms with E-state index in [1.165, 1.54) is 38.5 Å². The summed E-state index contributed by atoms with van der Waals surface area (Å²) in [5.41, 5.74) is 0.867. The van der Waals surface area contributed by atoms with E-state index < -0.39 is 0 Å². The van der Waals surface area contributed by atoms with E-state index in [9.17, 15) is 4.79 Å². The van der Waals surface area contributed by atoms with Crippen LogP contribution in [0.3, 0.4) is 0 Å². The zero-order valence-electron chi connectivity index (χ0n) is 13.9. The Bertz CT molecular complexity index is 798.